The molecule has 0 unspecified atom stereocenters. The summed E-state index contributed by atoms with van der Waals surface area (Å²) >= 11 is 0. The number of nitrogens with one attached hydrogen (secondary N) is 1. The molecule has 25 heavy (non-hydrogen) atoms. The number of alkyl halides is 3. The highest BCUT2D eigenvalue weighted by Crippen LogP contribution is 2.34. The molecule has 1 aromatic heterocycles. The smallest absolute Gasteiger partial charge is 0.356 e. The minimum Gasteiger partial charge on any atom is -0.356 e. The predicted octanol–water partition coefficient (Wildman–Crippen LogP) is 4.54. The molecule has 2 aromatic carbocycles. The molecule has 0 radical (unpaired) electrons. The Bertz CT molecular complexity index is 873. The predicted molar refractivity (Wildman–Crippen MR) is 85.7 cm³/mol. The van der Waals surface area contributed by atoms with Gasteiger partial charge >= 0.3 is 6.18 Å². The summed E-state index contributed by atoms with van der Waals surface area (Å²) in [6.45, 7) is 0. The third kappa shape index (κ3) is 4.06. The van der Waals surface area contributed by atoms with E-state index >= 15 is 0 Å². The zero-order valence-electron chi connectivity index (χ0n) is 12.9. The normalized spacial score (nSPS) is 11.3. The van der Waals surface area contributed by atoms with Crippen molar-refractivity contribution in [3.8, 4) is 11.3 Å². The van der Waals surface area contributed by atoms with Crippen LogP contribution in [0.15, 0.2) is 65.2 Å². The first kappa shape index (κ1) is 16.8. The Labute approximate surface area is 141 Å². The van der Waals surface area contributed by atoms with Crippen molar-refractivity contribution in [2.45, 2.75) is 12.6 Å². The molecule has 0 fully saturated rings. The summed E-state index contributed by atoms with van der Waals surface area (Å²) in [7, 11) is 0. The van der Waals surface area contributed by atoms with E-state index in [0.29, 0.717) is 11.5 Å². The fraction of sp³-hybridized carbons (Fsp3) is 0.111. The van der Waals surface area contributed by atoms with E-state index in [0.717, 1.165) is 11.6 Å². The molecule has 3 rings (SSSR count). The fourth-order valence-corrected chi connectivity index (χ4v) is 2.33. The lowest BCUT2D eigenvalue weighted by molar-refractivity contribution is -0.137. The molecule has 0 saturated carbocycles. The van der Waals surface area contributed by atoms with Crippen molar-refractivity contribution in [2.24, 2.45) is 0 Å². The standard InChI is InChI=1S/C18H13F3N2O2/c19-18(20,21)14-8-4-5-9-15(14)22-17(24)11-13-10-16(25-23-13)12-6-2-1-3-7-12/h1-10H,11H2,(H,22,24). The van der Waals surface area contributed by atoms with Crippen molar-refractivity contribution in [1.82, 2.24) is 5.16 Å². The van der Waals surface area contributed by atoms with Crippen LogP contribution in [0.2, 0.25) is 0 Å². The van der Waals surface area contributed by atoms with Crippen molar-refractivity contribution >= 4 is 11.6 Å². The Morgan fingerprint density at radius 1 is 1.04 bits per heavy atom. The molecule has 0 saturated heterocycles. The molecule has 1 heterocycles. The molecule has 1 amide bonds. The molecule has 128 valence electrons. The molecule has 0 bridgehead atoms. The summed E-state index contributed by atoms with van der Waals surface area (Å²) in [5.41, 5.74) is -0.0508. The first-order chi connectivity index (χ1) is 11.9. The van der Waals surface area contributed by atoms with Crippen molar-refractivity contribution in [3.05, 3.63) is 71.9 Å². The Balaban J connectivity index is 1.71. The van der Waals surface area contributed by atoms with Gasteiger partial charge in [-0.25, -0.2) is 0 Å². The Morgan fingerprint density at radius 3 is 2.44 bits per heavy atom. The minimum absolute atomic E-state index is 0.192. The maximum absolute atomic E-state index is 12.9. The average molecular weight is 346 g/mol. The highest BCUT2D eigenvalue weighted by atomic mass is 19.4. The van der Waals surface area contributed by atoms with E-state index in [1.807, 2.05) is 30.3 Å². The molecular formula is C18H13F3N2O2. The lowest BCUT2D eigenvalue weighted by Crippen LogP contribution is -2.18. The fourth-order valence-electron chi connectivity index (χ4n) is 2.33. The highest BCUT2D eigenvalue weighted by molar-refractivity contribution is 5.93. The average Bonchev–Trinajstić information content (AvgIpc) is 3.03. The lowest BCUT2D eigenvalue weighted by Gasteiger charge is -2.13. The molecule has 4 nitrogen and oxygen atoms in total. The topological polar surface area (TPSA) is 55.1 Å². The van der Waals surface area contributed by atoms with Crippen molar-refractivity contribution in [2.75, 3.05) is 5.32 Å². The summed E-state index contributed by atoms with van der Waals surface area (Å²) in [4.78, 5) is 12.0. The highest BCUT2D eigenvalue weighted by Gasteiger charge is 2.33. The van der Waals surface area contributed by atoms with Gasteiger partial charge in [-0.15, -0.1) is 0 Å². The van der Waals surface area contributed by atoms with Crippen LogP contribution in [0.5, 0.6) is 0 Å². The van der Waals surface area contributed by atoms with Gasteiger partial charge in [0.2, 0.25) is 5.91 Å². The summed E-state index contributed by atoms with van der Waals surface area (Å²) in [5, 5.41) is 6.06. The molecule has 0 aliphatic heterocycles. The van der Waals surface area contributed by atoms with Gasteiger partial charge in [-0.3, -0.25) is 4.79 Å². The van der Waals surface area contributed by atoms with Gasteiger partial charge in [-0.05, 0) is 12.1 Å². The zero-order valence-corrected chi connectivity index (χ0v) is 12.9. The number of hydrogen-bond acceptors (Lipinski definition) is 3. The number of rotatable bonds is 4. The Morgan fingerprint density at radius 2 is 1.72 bits per heavy atom. The van der Waals surface area contributed by atoms with Gasteiger partial charge < -0.3 is 9.84 Å². The second kappa shape index (κ2) is 6.80. The summed E-state index contributed by atoms with van der Waals surface area (Å²) in [6.07, 6.45) is -4.74. The van der Waals surface area contributed by atoms with Crippen molar-refractivity contribution in [1.29, 1.82) is 0 Å². The van der Waals surface area contributed by atoms with E-state index in [-0.39, 0.29) is 12.1 Å². The number of para-hydroxylation sites is 1. The van der Waals surface area contributed by atoms with Gasteiger partial charge in [0.25, 0.3) is 0 Å². The molecular weight excluding hydrogens is 333 g/mol. The summed E-state index contributed by atoms with van der Waals surface area (Å²) in [5.74, 6) is -0.122. The van der Waals surface area contributed by atoms with E-state index in [2.05, 4.69) is 10.5 Å². The van der Waals surface area contributed by atoms with Crippen LogP contribution in [0, 0.1) is 0 Å². The molecule has 0 aliphatic rings. The Hall–Kier alpha value is -3.09. The van der Waals surface area contributed by atoms with Crippen molar-refractivity contribution in [3.63, 3.8) is 0 Å². The quantitative estimate of drug-likeness (QED) is 0.754. The summed E-state index contributed by atoms with van der Waals surface area (Å²) < 4.78 is 44.0. The van der Waals surface area contributed by atoms with Crippen molar-refractivity contribution < 1.29 is 22.5 Å². The van der Waals surface area contributed by atoms with Gasteiger partial charge in [0.15, 0.2) is 5.76 Å². The van der Waals surface area contributed by atoms with E-state index in [1.54, 1.807) is 6.07 Å². The molecule has 1 N–H and O–H groups in total. The zero-order chi connectivity index (χ0) is 17.9. The molecule has 0 aliphatic carbocycles. The first-order valence-corrected chi connectivity index (χ1v) is 7.40. The van der Waals surface area contributed by atoms with E-state index < -0.39 is 17.6 Å². The van der Waals surface area contributed by atoms with Gasteiger partial charge in [0.1, 0.15) is 0 Å². The lowest BCUT2D eigenvalue weighted by atomic mass is 10.1. The van der Waals surface area contributed by atoms with Crippen LogP contribution in [-0.2, 0) is 17.4 Å². The van der Waals surface area contributed by atoms with Gasteiger partial charge in [-0.1, -0.05) is 47.6 Å². The number of anilines is 1. The van der Waals surface area contributed by atoms with E-state index in [9.17, 15) is 18.0 Å². The third-order valence-corrected chi connectivity index (χ3v) is 3.47. The number of amides is 1. The molecule has 3 aromatic rings. The number of hydrogen-bond donors (Lipinski definition) is 1. The van der Waals surface area contributed by atoms with Crippen LogP contribution < -0.4 is 5.32 Å². The maximum Gasteiger partial charge on any atom is 0.418 e. The van der Waals surface area contributed by atoms with E-state index in [1.165, 1.54) is 18.2 Å². The van der Waals surface area contributed by atoms with Crippen LogP contribution in [0.1, 0.15) is 11.3 Å². The number of benzene rings is 2. The summed E-state index contributed by atoms with van der Waals surface area (Å²) in [6, 6.07) is 15.6. The number of carbonyl (C=O) groups excluding carboxylic acids is 1. The number of nitrogens with zero attached hydrogens (tertiary/aromatic N) is 1. The molecule has 7 heteroatoms. The SMILES string of the molecule is O=C(Cc1cc(-c2ccccc2)on1)Nc1ccccc1C(F)(F)F. The number of aromatic nitrogens is 1. The number of halogens is 3. The molecule has 0 spiro atoms. The first-order valence-electron chi connectivity index (χ1n) is 7.40. The van der Waals surface area contributed by atoms with Crippen LogP contribution in [0.4, 0.5) is 18.9 Å². The minimum atomic E-state index is -4.54. The Kier molecular flexibility index (Phi) is 4.56. The largest absolute Gasteiger partial charge is 0.418 e. The number of carbonyl (C=O) groups is 1. The molecule has 0 atom stereocenters. The van der Waals surface area contributed by atoms with Crippen LogP contribution in [0.25, 0.3) is 11.3 Å². The maximum atomic E-state index is 12.9. The van der Waals surface area contributed by atoms with E-state index in [4.69, 9.17) is 4.52 Å². The van der Waals surface area contributed by atoms with Gasteiger partial charge in [-0.2, -0.15) is 13.2 Å². The van der Waals surface area contributed by atoms with Crippen LogP contribution >= 0.6 is 0 Å². The second-order valence-corrected chi connectivity index (χ2v) is 5.32. The monoisotopic (exact) mass is 346 g/mol. The second-order valence-electron chi connectivity index (χ2n) is 5.32. The third-order valence-electron chi connectivity index (χ3n) is 3.47. The van der Waals surface area contributed by atoms with Gasteiger partial charge in [0.05, 0.1) is 23.4 Å². The van der Waals surface area contributed by atoms with Crippen LogP contribution in [0.3, 0.4) is 0 Å². The van der Waals surface area contributed by atoms with Crippen LogP contribution in [-0.4, -0.2) is 11.1 Å². The van der Waals surface area contributed by atoms with Gasteiger partial charge in [0, 0.05) is 11.6 Å².